The molecule has 23 heavy (non-hydrogen) atoms. The van der Waals surface area contributed by atoms with Crippen LogP contribution in [0, 0.1) is 11.8 Å². The van der Waals surface area contributed by atoms with Crippen molar-refractivity contribution in [2.75, 3.05) is 0 Å². The summed E-state index contributed by atoms with van der Waals surface area (Å²) < 4.78 is 0. The Morgan fingerprint density at radius 2 is 1.26 bits per heavy atom. The van der Waals surface area contributed by atoms with Crippen molar-refractivity contribution in [3.8, 4) is 5.75 Å². The van der Waals surface area contributed by atoms with Crippen LogP contribution in [-0.4, -0.2) is 5.11 Å². The van der Waals surface area contributed by atoms with Crippen LogP contribution in [0.3, 0.4) is 0 Å². The van der Waals surface area contributed by atoms with Crippen molar-refractivity contribution in [1.29, 1.82) is 0 Å². The smallest absolute Gasteiger partial charge is 0.118 e. The fraction of sp³-hybridized carbons (Fsp3) is 0.455. The van der Waals surface area contributed by atoms with Gasteiger partial charge in [0.25, 0.3) is 0 Å². The van der Waals surface area contributed by atoms with Crippen molar-refractivity contribution in [2.24, 2.45) is 11.8 Å². The quantitative estimate of drug-likeness (QED) is 0.719. The van der Waals surface area contributed by atoms with Crippen LogP contribution in [-0.2, 0) is 12.8 Å². The van der Waals surface area contributed by atoms with Crippen molar-refractivity contribution in [2.45, 2.75) is 51.4 Å². The summed E-state index contributed by atoms with van der Waals surface area (Å²) in [6, 6.07) is 18.7. The molecule has 0 heterocycles. The van der Waals surface area contributed by atoms with E-state index in [4.69, 9.17) is 0 Å². The number of hydrogen-bond acceptors (Lipinski definition) is 1. The molecule has 0 bridgehead atoms. The lowest BCUT2D eigenvalue weighted by Gasteiger charge is -2.28. The van der Waals surface area contributed by atoms with Gasteiger partial charge in [0, 0.05) is 0 Å². The number of phenolic OH excluding ortho intramolecular Hbond substituents is 1. The number of aryl methyl sites for hydroxylation is 2. The summed E-state index contributed by atoms with van der Waals surface area (Å²) in [5.74, 6) is 2.23. The van der Waals surface area contributed by atoms with E-state index >= 15 is 0 Å². The van der Waals surface area contributed by atoms with Crippen LogP contribution in [0.25, 0.3) is 0 Å². The Morgan fingerprint density at radius 3 is 1.91 bits per heavy atom. The van der Waals surface area contributed by atoms with Gasteiger partial charge in [-0.2, -0.15) is 0 Å². The maximum atomic E-state index is 9.86. The van der Waals surface area contributed by atoms with E-state index in [0.717, 1.165) is 23.8 Å². The fourth-order valence-electron chi connectivity index (χ4n) is 3.91. The highest BCUT2D eigenvalue weighted by Gasteiger charge is 2.21. The second kappa shape index (κ2) is 8.19. The number of benzene rings is 2. The second-order valence-corrected chi connectivity index (χ2v) is 7.08. The lowest BCUT2D eigenvalue weighted by atomic mass is 9.77. The third kappa shape index (κ3) is 4.86. The van der Waals surface area contributed by atoms with Gasteiger partial charge in [-0.3, -0.25) is 0 Å². The van der Waals surface area contributed by atoms with E-state index in [1.807, 2.05) is 12.1 Å². The summed E-state index contributed by atoms with van der Waals surface area (Å²) >= 11 is 0. The van der Waals surface area contributed by atoms with E-state index in [0.29, 0.717) is 5.75 Å². The topological polar surface area (TPSA) is 20.2 Å². The van der Waals surface area contributed by atoms with E-state index in [2.05, 4.69) is 36.4 Å². The van der Waals surface area contributed by atoms with Crippen molar-refractivity contribution < 1.29 is 5.11 Å². The van der Waals surface area contributed by atoms with Crippen LogP contribution >= 0.6 is 0 Å². The Balaban J connectivity index is 1.38. The van der Waals surface area contributed by atoms with Gasteiger partial charge >= 0.3 is 0 Å². The molecule has 0 atom stereocenters. The summed E-state index contributed by atoms with van der Waals surface area (Å²) in [6.45, 7) is 0. The molecule has 0 aliphatic heterocycles. The SMILES string of the molecule is Oc1ccccc1CCC1CCC(CCc2ccccc2)CC1. The van der Waals surface area contributed by atoms with E-state index in [9.17, 15) is 5.11 Å². The molecule has 1 fully saturated rings. The van der Waals surface area contributed by atoms with Crippen LogP contribution < -0.4 is 0 Å². The summed E-state index contributed by atoms with van der Waals surface area (Å²) in [5, 5.41) is 9.86. The van der Waals surface area contributed by atoms with Gasteiger partial charge in [-0.05, 0) is 54.7 Å². The molecule has 1 nitrogen and oxygen atoms in total. The first kappa shape index (κ1) is 16.1. The van der Waals surface area contributed by atoms with Gasteiger partial charge in [0.15, 0.2) is 0 Å². The lowest BCUT2D eigenvalue weighted by molar-refractivity contribution is 0.253. The lowest BCUT2D eigenvalue weighted by Crippen LogP contribution is -2.15. The van der Waals surface area contributed by atoms with Crippen molar-refractivity contribution in [1.82, 2.24) is 0 Å². The molecule has 2 aromatic rings. The van der Waals surface area contributed by atoms with Gasteiger partial charge in [0.05, 0.1) is 0 Å². The van der Waals surface area contributed by atoms with E-state index in [1.54, 1.807) is 6.07 Å². The molecule has 0 unspecified atom stereocenters. The van der Waals surface area contributed by atoms with E-state index < -0.39 is 0 Å². The third-order valence-corrected chi connectivity index (χ3v) is 5.46. The molecule has 1 saturated carbocycles. The maximum Gasteiger partial charge on any atom is 0.118 e. The molecule has 122 valence electrons. The molecule has 1 aliphatic carbocycles. The number of aromatic hydroxyl groups is 1. The van der Waals surface area contributed by atoms with Gasteiger partial charge in [0.2, 0.25) is 0 Å². The van der Waals surface area contributed by atoms with Crippen LogP contribution in [0.4, 0.5) is 0 Å². The highest BCUT2D eigenvalue weighted by molar-refractivity contribution is 5.31. The number of rotatable bonds is 6. The van der Waals surface area contributed by atoms with E-state index in [1.165, 1.54) is 50.5 Å². The summed E-state index contributed by atoms with van der Waals surface area (Å²) in [6.07, 6.45) is 10.3. The Hall–Kier alpha value is -1.76. The number of hydrogen-bond donors (Lipinski definition) is 1. The van der Waals surface area contributed by atoms with Crippen LogP contribution in [0.1, 0.15) is 49.7 Å². The number of phenols is 1. The highest BCUT2D eigenvalue weighted by atomic mass is 16.3. The minimum absolute atomic E-state index is 0.462. The van der Waals surface area contributed by atoms with Crippen LogP contribution in [0.2, 0.25) is 0 Å². The first-order valence-electron chi connectivity index (χ1n) is 9.12. The average Bonchev–Trinajstić information content (AvgIpc) is 2.61. The zero-order valence-electron chi connectivity index (χ0n) is 14.0. The van der Waals surface area contributed by atoms with E-state index in [-0.39, 0.29) is 0 Å². The van der Waals surface area contributed by atoms with Gasteiger partial charge in [-0.25, -0.2) is 0 Å². The van der Waals surface area contributed by atoms with Crippen molar-refractivity contribution in [3.63, 3.8) is 0 Å². The zero-order valence-corrected chi connectivity index (χ0v) is 14.0. The third-order valence-electron chi connectivity index (χ3n) is 5.46. The Labute approximate surface area is 140 Å². The largest absolute Gasteiger partial charge is 0.508 e. The maximum absolute atomic E-state index is 9.86. The average molecular weight is 308 g/mol. The zero-order chi connectivity index (χ0) is 15.9. The molecule has 2 aromatic carbocycles. The molecule has 0 radical (unpaired) electrons. The minimum atomic E-state index is 0.462. The first-order chi connectivity index (χ1) is 11.3. The Morgan fingerprint density at radius 1 is 0.696 bits per heavy atom. The molecule has 1 heteroatoms. The monoisotopic (exact) mass is 308 g/mol. The highest BCUT2D eigenvalue weighted by Crippen LogP contribution is 2.34. The van der Waals surface area contributed by atoms with Gasteiger partial charge < -0.3 is 5.11 Å². The summed E-state index contributed by atoms with van der Waals surface area (Å²) in [7, 11) is 0. The molecule has 1 aliphatic rings. The number of para-hydroxylation sites is 1. The molecule has 0 amide bonds. The molecule has 1 N–H and O–H groups in total. The summed E-state index contributed by atoms with van der Waals surface area (Å²) in [5.41, 5.74) is 2.59. The molecule has 0 spiro atoms. The second-order valence-electron chi connectivity index (χ2n) is 7.08. The van der Waals surface area contributed by atoms with Gasteiger partial charge in [0.1, 0.15) is 5.75 Å². The standard InChI is InChI=1S/C22H28O/c23-22-9-5-4-8-21(22)17-16-20-14-12-19(13-15-20)11-10-18-6-2-1-3-7-18/h1-9,19-20,23H,10-17H2. The van der Waals surface area contributed by atoms with Crippen LogP contribution in [0.5, 0.6) is 5.75 Å². The minimum Gasteiger partial charge on any atom is -0.508 e. The van der Waals surface area contributed by atoms with Gasteiger partial charge in [-0.1, -0.05) is 74.2 Å². The first-order valence-corrected chi connectivity index (χ1v) is 9.12. The fourth-order valence-corrected chi connectivity index (χ4v) is 3.91. The molecular formula is C22H28O. The molecule has 0 aromatic heterocycles. The normalized spacial score (nSPS) is 21.2. The van der Waals surface area contributed by atoms with Crippen molar-refractivity contribution >= 4 is 0 Å². The molecular weight excluding hydrogens is 280 g/mol. The van der Waals surface area contributed by atoms with Crippen molar-refractivity contribution in [3.05, 3.63) is 65.7 Å². The van der Waals surface area contributed by atoms with Crippen LogP contribution in [0.15, 0.2) is 54.6 Å². The predicted octanol–water partition coefficient (Wildman–Crippen LogP) is 5.76. The Bertz CT molecular complexity index is 582. The van der Waals surface area contributed by atoms with Gasteiger partial charge in [-0.15, -0.1) is 0 Å². The summed E-state index contributed by atoms with van der Waals surface area (Å²) in [4.78, 5) is 0. The predicted molar refractivity (Wildman–Crippen MR) is 96.6 cm³/mol. The molecule has 0 saturated heterocycles. The molecule has 3 rings (SSSR count). The Kier molecular flexibility index (Phi) is 5.74.